The van der Waals surface area contributed by atoms with Gasteiger partial charge in [-0.25, -0.2) is 10.5 Å². The van der Waals surface area contributed by atoms with Crippen LogP contribution >= 0.6 is 0 Å². The Morgan fingerprint density at radius 2 is 1.20 bits per heavy atom. The van der Waals surface area contributed by atoms with Crippen LogP contribution < -0.4 is 0 Å². The van der Waals surface area contributed by atoms with Crippen LogP contribution in [0.5, 0.6) is 0 Å². The van der Waals surface area contributed by atoms with Gasteiger partial charge in [0.25, 0.3) is 0 Å². The largest absolute Gasteiger partial charge is 0.412 e. The van der Waals surface area contributed by atoms with Crippen LogP contribution in [0.1, 0.15) is 0 Å². The van der Waals surface area contributed by atoms with E-state index in [2.05, 4.69) is 5.04 Å². The molecule has 4 nitrogen and oxygen atoms in total. The number of hydrogen-bond donors (Lipinski definition) is 2. The molecule has 0 unspecified atom stereocenters. The normalized spacial score (nSPS) is 3.60. The quantitative estimate of drug-likeness (QED) is 0.321. The van der Waals surface area contributed by atoms with Gasteiger partial charge in [0.2, 0.25) is 0 Å². The third-order valence-electron chi connectivity index (χ3n) is 0. The van der Waals surface area contributed by atoms with Crippen LogP contribution in [0.15, 0.2) is 0 Å². The van der Waals surface area contributed by atoms with Gasteiger partial charge in [0, 0.05) is 18.6 Å². The van der Waals surface area contributed by atoms with Gasteiger partial charge < -0.3 is 5.48 Å². The molecular formula is H4O4V. The third-order valence-corrected chi connectivity index (χ3v) is 0. The standard InChI is InChI=1S/H2O3.H2O.V/c1-3-2;;/h1-2H;1H2;. The fraction of sp³-hybridized carbons (Fsp3) is 0. The molecule has 1 radical (unpaired) electrons. The molecule has 0 rings (SSSR count). The first kappa shape index (κ1) is 18.1. The Balaban J connectivity index is -0.0000000200. The Morgan fingerprint density at radius 3 is 1.20 bits per heavy atom. The van der Waals surface area contributed by atoms with Crippen molar-refractivity contribution in [2.24, 2.45) is 0 Å². The SMILES string of the molecule is O.OOO.[V]. The Kier molecular flexibility index (Phi) is 92.4. The summed E-state index contributed by atoms with van der Waals surface area (Å²) < 4.78 is 0. The van der Waals surface area contributed by atoms with Crippen LogP contribution in [-0.4, -0.2) is 16.0 Å². The van der Waals surface area contributed by atoms with Gasteiger partial charge in [-0.05, 0) is 0 Å². The molecule has 0 aliphatic carbocycles. The second-order valence-corrected chi connectivity index (χ2v) is 0.0816. The molecule has 5 heavy (non-hydrogen) atoms. The van der Waals surface area contributed by atoms with Crippen LogP contribution in [0.4, 0.5) is 0 Å². The van der Waals surface area contributed by atoms with Gasteiger partial charge in [-0.2, -0.15) is 0 Å². The summed E-state index contributed by atoms with van der Waals surface area (Å²) >= 11 is 0. The Morgan fingerprint density at radius 1 is 1.20 bits per heavy atom. The van der Waals surface area contributed by atoms with E-state index >= 15 is 0 Å². The molecule has 0 aromatic carbocycles. The molecule has 0 spiro atoms. The van der Waals surface area contributed by atoms with Crippen LogP contribution in [0.2, 0.25) is 0 Å². The molecule has 0 heterocycles. The second kappa shape index (κ2) is 25.6. The van der Waals surface area contributed by atoms with Crippen molar-refractivity contribution in [2.75, 3.05) is 0 Å². The molecular weight excluding hydrogens is 115 g/mol. The van der Waals surface area contributed by atoms with E-state index in [4.69, 9.17) is 10.5 Å². The van der Waals surface area contributed by atoms with Gasteiger partial charge in [0.05, 0.1) is 0 Å². The van der Waals surface area contributed by atoms with E-state index in [1.807, 2.05) is 0 Å². The molecule has 0 aliphatic heterocycles. The molecule has 0 aliphatic rings. The summed E-state index contributed by atoms with van der Waals surface area (Å²) in [6, 6.07) is 0. The van der Waals surface area contributed by atoms with E-state index in [0.29, 0.717) is 0 Å². The predicted molar refractivity (Wildman–Crippen MR) is 9.96 cm³/mol. The Labute approximate surface area is 40.4 Å². The molecule has 4 N–H and O–H groups in total. The predicted octanol–water partition coefficient (Wildman–Crippen LogP) is -0.878. The Hall–Kier alpha value is 0.424. The second-order valence-electron chi connectivity index (χ2n) is 0.0816. The van der Waals surface area contributed by atoms with E-state index < -0.39 is 0 Å². The van der Waals surface area contributed by atoms with Gasteiger partial charge in [-0.3, -0.25) is 0 Å². The van der Waals surface area contributed by atoms with Gasteiger partial charge in [0.15, 0.2) is 0 Å². The smallest absolute Gasteiger partial charge is 0 e. The molecule has 0 aromatic rings. The molecule has 0 atom stereocenters. The average molecular weight is 119 g/mol. The molecule has 5 heteroatoms. The summed E-state index contributed by atoms with van der Waals surface area (Å²) in [5.74, 6) is 0. The van der Waals surface area contributed by atoms with Crippen molar-refractivity contribution < 1.29 is 39.6 Å². The monoisotopic (exact) mass is 119 g/mol. The molecule has 0 saturated heterocycles. The summed E-state index contributed by atoms with van der Waals surface area (Å²) in [5.41, 5.74) is 0. The molecule has 0 aromatic heterocycles. The van der Waals surface area contributed by atoms with Crippen molar-refractivity contribution in [2.45, 2.75) is 0 Å². The zero-order chi connectivity index (χ0) is 2.71. The number of hydrogen-bond acceptors (Lipinski definition) is 3. The van der Waals surface area contributed by atoms with Crippen molar-refractivity contribution in [3.63, 3.8) is 0 Å². The molecule has 0 saturated carbocycles. The van der Waals surface area contributed by atoms with Crippen LogP contribution in [0.3, 0.4) is 0 Å². The van der Waals surface area contributed by atoms with Crippen LogP contribution in [0, 0.1) is 0 Å². The summed E-state index contributed by atoms with van der Waals surface area (Å²) in [4.78, 5) is 0. The molecule has 33 valence electrons. The van der Waals surface area contributed by atoms with E-state index in [9.17, 15) is 0 Å². The van der Waals surface area contributed by atoms with Crippen molar-refractivity contribution in [3.05, 3.63) is 0 Å². The van der Waals surface area contributed by atoms with Crippen molar-refractivity contribution in [1.29, 1.82) is 0 Å². The maximum Gasteiger partial charge on any atom is 0 e. The fourth-order valence-electron chi connectivity index (χ4n) is 0. The van der Waals surface area contributed by atoms with Gasteiger partial charge >= 0.3 is 0 Å². The molecule has 0 amide bonds. The summed E-state index contributed by atoms with van der Waals surface area (Å²) in [5, 5.41) is 15.5. The average Bonchev–Trinajstić information content (AvgIpc) is 0.918. The minimum atomic E-state index is 0. The summed E-state index contributed by atoms with van der Waals surface area (Å²) in [6.07, 6.45) is 0. The fourth-order valence-corrected chi connectivity index (χ4v) is 0. The van der Waals surface area contributed by atoms with Gasteiger partial charge in [-0.15, -0.1) is 0 Å². The summed E-state index contributed by atoms with van der Waals surface area (Å²) in [7, 11) is 0. The van der Waals surface area contributed by atoms with Crippen LogP contribution in [-0.2, 0) is 23.6 Å². The first-order valence-electron chi connectivity index (χ1n) is 0.365. The van der Waals surface area contributed by atoms with E-state index in [1.54, 1.807) is 0 Å². The van der Waals surface area contributed by atoms with E-state index in [1.165, 1.54) is 0 Å². The van der Waals surface area contributed by atoms with Crippen molar-refractivity contribution >= 4 is 0 Å². The zero-order valence-electron chi connectivity index (χ0n) is 2.25. The molecule has 0 bridgehead atoms. The van der Waals surface area contributed by atoms with Crippen molar-refractivity contribution in [3.8, 4) is 0 Å². The molecule has 0 fully saturated rings. The first-order chi connectivity index (χ1) is 1.41. The Bertz CT molecular complexity index is 3.61. The maximum atomic E-state index is 6.62. The zero-order valence-corrected chi connectivity index (χ0v) is 3.65. The topological polar surface area (TPSA) is 81.2 Å². The van der Waals surface area contributed by atoms with Gasteiger partial charge in [-0.1, -0.05) is 5.04 Å². The van der Waals surface area contributed by atoms with E-state index in [0.717, 1.165) is 0 Å². The minimum Gasteiger partial charge on any atom is -0.412 e. The minimum absolute atomic E-state index is 0. The summed E-state index contributed by atoms with van der Waals surface area (Å²) in [6.45, 7) is 0. The maximum absolute atomic E-state index is 6.62. The first-order valence-corrected chi connectivity index (χ1v) is 0.365. The van der Waals surface area contributed by atoms with Crippen LogP contribution in [0.25, 0.3) is 0 Å². The number of rotatable bonds is 0. The van der Waals surface area contributed by atoms with Gasteiger partial charge in [0.1, 0.15) is 0 Å². The third kappa shape index (κ3) is 144. The van der Waals surface area contributed by atoms with E-state index in [-0.39, 0.29) is 24.0 Å². The van der Waals surface area contributed by atoms with Crippen molar-refractivity contribution in [1.82, 2.24) is 0 Å².